The molecule has 1 aromatic heterocycles. The number of benzene rings is 1. The van der Waals surface area contributed by atoms with E-state index in [-0.39, 0.29) is 0 Å². The molecule has 0 atom stereocenters. The summed E-state index contributed by atoms with van der Waals surface area (Å²) >= 11 is 5.15. The number of rotatable bonds is 1. The van der Waals surface area contributed by atoms with Crippen molar-refractivity contribution in [1.82, 2.24) is 9.69 Å². The second-order valence-electron chi connectivity index (χ2n) is 3.86. The minimum Gasteiger partial charge on any atom is -0.353 e. The minimum absolute atomic E-state index is 1.05. The molecule has 2 heterocycles. The van der Waals surface area contributed by atoms with E-state index >= 15 is 0 Å². The average Bonchev–Trinajstić information content (AvgIpc) is 2.75. The van der Waals surface area contributed by atoms with Gasteiger partial charge in [0.2, 0.25) is 0 Å². The van der Waals surface area contributed by atoms with Gasteiger partial charge in [0.1, 0.15) is 5.82 Å². The van der Waals surface area contributed by atoms with Gasteiger partial charge in [-0.05, 0) is 39.6 Å². The number of aromatic nitrogens is 1. The first-order valence-corrected chi connectivity index (χ1v) is 6.92. The Labute approximate surface area is 107 Å². The van der Waals surface area contributed by atoms with Crippen molar-refractivity contribution in [2.24, 2.45) is 0 Å². The highest BCUT2D eigenvalue weighted by Crippen LogP contribution is 2.34. The predicted octanol–water partition coefficient (Wildman–Crippen LogP) is 2.47. The third-order valence-electron chi connectivity index (χ3n) is 2.85. The molecule has 2 aromatic rings. The fourth-order valence-electron chi connectivity index (χ4n) is 2.02. The summed E-state index contributed by atoms with van der Waals surface area (Å²) in [5.74, 6) is 1.14. The van der Waals surface area contributed by atoms with Crippen LogP contribution in [0.1, 0.15) is 0 Å². The molecule has 0 spiro atoms. The smallest absolute Gasteiger partial charge is 0.150 e. The summed E-state index contributed by atoms with van der Waals surface area (Å²) in [6, 6.07) is 6.30. The van der Waals surface area contributed by atoms with Gasteiger partial charge in [0.25, 0.3) is 0 Å². The van der Waals surface area contributed by atoms with Crippen LogP contribution < -0.4 is 10.2 Å². The lowest BCUT2D eigenvalue weighted by Crippen LogP contribution is -2.43. The van der Waals surface area contributed by atoms with Crippen LogP contribution in [0.4, 0.5) is 5.82 Å². The van der Waals surface area contributed by atoms with Crippen LogP contribution in [0.5, 0.6) is 0 Å². The Morgan fingerprint density at radius 2 is 2.12 bits per heavy atom. The molecule has 0 bridgehead atoms. The van der Waals surface area contributed by atoms with Crippen molar-refractivity contribution >= 4 is 43.4 Å². The molecule has 0 radical (unpaired) electrons. The van der Waals surface area contributed by atoms with Crippen molar-refractivity contribution in [3.63, 3.8) is 0 Å². The van der Waals surface area contributed by atoms with Gasteiger partial charge in [-0.3, -0.25) is 0 Å². The quantitative estimate of drug-likeness (QED) is 0.876. The molecule has 16 heavy (non-hydrogen) atoms. The van der Waals surface area contributed by atoms with Crippen molar-refractivity contribution in [2.75, 3.05) is 31.1 Å². The molecule has 1 N–H and O–H groups in total. The first-order valence-electron chi connectivity index (χ1n) is 5.36. The lowest BCUT2D eigenvalue weighted by molar-refractivity contribution is 0.587. The SMILES string of the molecule is Brc1cccc2c(N3CCNCC3)nsc12. The van der Waals surface area contributed by atoms with Gasteiger partial charge in [0.05, 0.1) is 4.70 Å². The fraction of sp³-hybridized carbons (Fsp3) is 0.364. The zero-order valence-electron chi connectivity index (χ0n) is 8.74. The van der Waals surface area contributed by atoms with Crippen LogP contribution in [0.15, 0.2) is 22.7 Å². The van der Waals surface area contributed by atoms with E-state index in [1.807, 2.05) is 0 Å². The largest absolute Gasteiger partial charge is 0.353 e. The van der Waals surface area contributed by atoms with Gasteiger partial charge in [0.15, 0.2) is 0 Å². The zero-order valence-corrected chi connectivity index (χ0v) is 11.1. The summed E-state index contributed by atoms with van der Waals surface area (Å²) in [5.41, 5.74) is 0. The average molecular weight is 298 g/mol. The molecule has 0 aliphatic carbocycles. The fourth-order valence-corrected chi connectivity index (χ4v) is 3.41. The maximum Gasteiger partial charge on any atom is 0.150 e. The van der Waals surface area contributed by atoms with E-state index in [1.54, 1.807) is 11.5 Å². The minimum atomic E-state index is 1.05. The van der Waals surface area contributed by atoms with Crippen molar-refractivity contribution in [3.05, 3.63) is 22.7 Å². The van der Waals surface area contributed by atoms with E-state index in [1.165, 1.54) is 10.1 Å². The summed E-state index contributed by atoms with van der Waals surface area (Å²) in [4.78, 5) is 2.36. The highest BCUT2D eigenvalue weighted by atomic mass is 79.9. The Kier molecular flexibility index (Phi) is 2.83. The number of nitrogens with one attached hydrogen (secondary N) is 1. The van der Waals surface area contributed by atoms with Crippen LogP contribution in [0.3, 0.4) is 0 Å². The van der Waals surface area contributed by atoms with E-state index in [2.05, 4.69) is 48.7 Å². The Morgan fingerprint density at radius 3 is 2.94 bits per heavy atom. The first kappa shape index (κ1) is 10.5. The molecule has 1 aliphatic heterocycles. The topological polar surface area (TPSA) is 28.2 Å². The molecule has 3 nitrogen and oxygen atoms in total. The van der Waals surface area contributed by atoms with Crippen LogP contribution in [-0.4, -0.2) is 30.6 Å². The number of piperazine rings is 1. The van der Waals surface area contributed by atoms with Gasteiger partial charge in [-0.15, -0.1) is 0 Å². The number of halogens is 1. The van der Waals surface area contributed by atoms with Gasteiger partial charge in [0, 0.05) is 36.0 Å². The normalized spacial score (nSPS) is 16.9. The molecule has 1 saturated heterocycles. The van der Waals surface area contributed by atoms with Crippen molar-refractivity contribution in [1.29, 1.82) is 0 Å². The monoisotopic (exact) mass is 297 g/mol. The highest BCUT2D eigenvalue weighted by molar-refractivity contribution is 9.10. The Balaban J connectivity index is 2.06. The summed E-state index contributed by atoms with van der Waals surface area (Å²) < 4.78 is 6.98. The van der Waals surface area contributed by atoms with Crippen LogP contribution in [0, 0.1) is 0 Å². The number of hydrogen-bond acceptors (Lipinski definition) is 4. The molecular formula is C11H12BrN3S. The number of fused-ring (bicyclic) bond motifs is 1. The molecule has 3 rings (SSSR count). The molecule has 84 valence electrons. The molecule has 0 saturated carbocycles. The van der Waals surface area contributed by atoms with Gasteiger partial charge in [-0.1, -0.05) is 6.07 Å². The van der Waals surface area contributed by atoms with Gasteiger partial charge in [-0.25, -0.2) is 0 Å². The van der Waals surface area contributed by atoms with Crippen LogP contribution in [-0.2, 0) is 0 Å². The number of nitrogens with zero attached hydrogens (tertiary/aromatic N) is 2. The molecule has 1 fully saturated rings. The van der Waals surface area contributed by atoms with Crippen molar-refractivity contribution in [2.45, 2.75) is 0 Å². The molecule has 0 amide bonds. The van der Waals surface area contributed by atoms with E-state index in [4.69, 9.17) is 0 Å². The maximum atomic E-state index is 4.59. The first-order chi connectivity index (χ1) is 7.86. The van der Waals surface area contributed by atoms with Crippen molar-refractivity contribution < 1.29 is 0 Å². The summed E-state index contributed by atoms with van der Waals surface area (Å²) in [7, 11) is 0. The molecule has 5 heteroatoms. The second kappa shape index (κ2) is 4.31. The van der Waals surface area contributed by atoms with Gasteiger partial charge < -0.3 is 10.2 Å². The summed E-state index contributed by atoms with van der Waals surface area (Å²) in [6.07, 6.45) is 0. The van der Waals surface area contributed by atoms with E-state index in [9.17, 15) is 0 Å². The molecule has 1 aliphatic rings. The maximum absolute atomic E-state index is 4.59. The van der Waals surface area contributed by atoms with Gasteiger partial charge >= 0.3 is 0 Å². The van der Waals surface area contributed by atoms with E-state index in [0.29, 0.717) is 0 Å². The molecule has 1 aromatic carbocycles. The number of hydrogen-bond donors (Lipinski definition) is 1. The van der Waals surface area contributed by atoms with E-state index < -0.39 is 0 Å². The lowest BCUT2D eigenvalue weighted by Gasteiger charge is -2.27. The summed E-state index contributed by atoms with van der Waals surface area (Å²) in [5, 5.41) is 4.63. The molecule has 0 unspecified atom stereocenters. The Morgan fingerprint density at radius 1 is 1.31 bits per heavy atom. The van der Waals surface area contributed by atoms with Crippen molar-refractivity contribution in [3.8, 4) is 0 Å². The zero-order chi connectivity index (χ0) is 11.0. The predicted molar refractivity (Wildman–Crippen MR) is 72.4 cm³/mol. The van der Waals surface area contributed by atoms with Gasteiger partial charge in [-0.2, -0.15) is 4.37 Å². The third kappa shape index (κ3) is 1.73. The Hall–Kier alpha value is -0.650. The molecular weight excluding hydrogens is 286 g/mol. The summed E-state index contributed by atoms with van der Waals surface area (Å²) in [6.45, 7) is 4.19. The number of anilines is 1. The third-order valence-corrected chi connectivity index (χ3v) is 4.66. The second-order valence-corrected chi connectivity index (χ2v) is 5.49. The van der Waals surface area contributed by atoms with Crippen LogP contribution in [0.25, 0.3) is 10.1 Å². The Bertz CT molecular complexity index is 505. The van der Waals surface area contributed by atoms with Crippen LogP contribution in [0.2, 0.25) is 0 Å². The standard InChI is InChI=1S/C11H12BrN3S/c12-9-3-1-2-8-10(9)16-14-11(8)15-6-4-13-5-7-15/h1-3,13H,4-7H2. The van der Waals surface area contributed by atoms with Crippen LogP contribution >= 0.6 is 27.5 Å². The lowest BCUT2D eigenvalue weighted by atomic mass is 10.2. The highest BCUT2D eigenvalue weighted by Gasteiger charge is 2.16. The van der Waals surface area contributed by atoms with E-state index in [0.717, 1.165) is 36.5 Å².